The number of alkyl halides is 3. The van der Waals surface area contributed by atoms with Gasteiger partial charge in [0.15, 0.2) is 6.10 Å². The SMILES string of the molecule is CCN1CC2(CCN(C(=O)COC(c3ccccc3)C(F)(F)F)CC2)CC1=O. The number of piperidine rings is 1. The van der Waals surface area contributed by atoms with Gasteiger partial charge in [-0.2, -0.15) is 13.2 Å². The van der Waals surface area contributed by atoms with Crippen molar-refractivity contribution in [2.24, 2.45) is 5.41 Å². The van der Waals surface area contributed by atoms with Gasteiger partial charge >= 0.3 is 6.18 Å². The van der Waals surface area contributed by atoms with Gasteiger partial charge in [-0.15, -0.1) is 0 Å². The summed E-state index contributed by atoms with van der Waals surface area (Å²) in [6.07, 6.45) is -4.87. The van der Waals surface area contributed by atoms with E-state index < -0.39 is 24.8 Å². The van der Waals surface area contributed by atoms with Gasteiger partial charge in [-0.3, -0.25) is 9.59 Å². The summed E-state index contributed by atoms with van der Waals surface area (Å²) in [6, 6.07) is 7.31. The summed E-state index contributed by atoms with van der Waals surface area (Å²) in [5.74, 6) is -0.307. The Morgan fingerprint density at radius 1 is 1.21 bits per heavy atom. The molecule has 0 radical (unpaired) electrons. The first-order chi connectivity index (χ1) is 13.2. The molecule has 28 heavy (non-hydrogen) atoms. The predicted molar refractivity (Wildman–Crippen MR) is 96.3 cm³/mol. The number of carbonyl (C=O) groups excluding carboxylic acids is 2. The van der Waals surface area contributed by atoms with Gasteiger partial charge in [0.25, 0.3) is 0 Å². The van der Waals surface area contributed by atoms with E-state index in [1.165, 1.54) is 24.3 Å². The van der Waals surface area contributed by atoms with Crippen LogP contribution in [0.25, 0.3) is 0 Å². The Bertz CT molecular complexity index is 700. The second-order valence-corrected chi connectivity index (χ2v) is 7.61. The molecule has 1 aromatic carbocycles. The molecule has 5 nitrogen and oxygen atoms in total. The number of likely N-dealkylation sites (tertiary alicyclic amines) is 2. The lowest BCUT2D eigenvalue weighted by Crippen LogP contribution is -2.45. The van der Waals surface area contributed by atoms with Crippen molar-refractivity contribution in [3.05, 3.63) is 35.9 Å². The summed E-state index contributed by atoms with van der Waals surface area (Å²) in [6.45, 7) is 3.58. The van der Waals surface area contributed by atoms with Crippen LogP contribution in [0.1, 0.15) is 37.9 Å². The van der Waals surface area contributed by atoms with Crippen LogP contribution in [-0.2, 0) is 14.3 Å². The van der Waals surface area contributed by atoms with Gasteiger partial charge < -0.3 is 14.5 Å². The molecule has 2 fully saturated rings. The second-order valence-electron chi connectivity index (χ2n) is 7.61. The maximum Gasteiger partial charge on any atom is 0.418 e. The van der Waals surface area contributed by atoms with E-state index >= 15 is 0 Å². The summed E-state index contributed by atoms with van der Waals surface area (Å²) >= 11 is 0. The summed E-state index contributed by atoms with van der Waals surface area (Å²) < 4.78 is 45.0. The van der Waals surface area contributed by atoms with E-state index in [1.807, 2.05) is 11.8 Å². The summed E-state index contributed by atoms with van der Waals surface area (Å²) in [4.78, 5) is 27.8. The number of benzene rings is 1. The van der Waals surface area contributed by atoms with Crippen molar-refractivity contribution < 1.29 is 27.5 Å². The highest BCUT2D eigenvalue weighted by molar-refractivity contribution is 5.80. The molecule has 0 aliphatic carbocycles. The lowest BCUT2D eigenvalue weighted by molar-refractivity contribution is -0.224. The van der Waals surface area contributed by atoms with Crippen molar-refractivity contribution >= 4 is 11.8 Å². The van der Waals surface area contributed by atoms with Crippen LogP contribution in [0.2, 0.25) is 0 Å². The minimum Gasteiger partial charge on any atom is -0.354 e. The predicted octanol–water partition coefficient (Wildman–Crippen LogP) is 3.17. The first kappa shape index (κ1) is 20.6. The molecule has 1 spiro atoms. The fourth-order valence-corrected chi connectivity index (χ4v) is 4.09. The normalized spacial score (nSPS) is 20.6. The Balaban J connectivity index is 1.55. The van der Waals surface area contributed by atoms with E-state index in [9.17, 15) is 22.8 Å². The number of halogens is 3. The van der Waals surface area contributed by atoms with E-state index in [4.69, 9.17) is 4.74 Å². The number of ether oxygens (including phenoxy) is 1. The molecule has 0 aromatic heterocycles. The smallest absolute Gasteiger partial charge is 0.354 e. The molecule has 0 bridgehead atoms. The van der Waals surface area contributed by atoms with Gasteiger partial charge in [-0.1, -0.05) is 30.3 Å². The zero-order valence-corrected chi connectivity index (χ0v) is 15.9. The average molecular weight is 398 g/mol. The Labute approximate surface area is 162 Å². The summed E-state index contributed by atoms with van der Waals surface area (Å²) in [5, 5.41) is 0. The van der Waals surface area contributed by atoms with Crippen LogP contribution in [0.5, 0.6) is 0 Å². The summed E-state index contributed by atoms with van der Waals surface area (Å²) in [7, 11) is 0. The van der Waals surface area contributed by atoms with Crippen molar-refractivity contribution in [3.8, 4) is 0 Å². The van der Waals surface area contributed by atoms with E-state index in [2.05, 4.69) is 0 Å². The number of hydrogen-bond acceptors (Lipinski definition) is 3. The van der Waals surface area contributed by atoms with Crippen LogP contribution in [0.4, 0.5) is 13.2 Å². The Hall–Kier alpha value is -2.09. The van der Waals surface area contributed by atoms with Gasteiger partial charge in [0.1, 0.15) is 6.61 Å². The van der Waals surface area contributed by atoms with Crippen molar-refractivity contribution in [2.45, 2.75) is 38.5 Å². The van der Waals surface area contributed by atoms with Gasteiger partial charge in [0.2, 0.25) is 11.8 Å². The lowest BCUT2D eigenvalue weighted by Gasteiger charge is -2.39. The van der Waals surface area contributed by atoms with Gasteiger partial charge in [0, 0.05) is 38.0 Å². The molecule has 154 valence electrons. The van der Waals surface area contributed by atoms with E-state index in [-0.39, 0.29) is 16.9 Å². The third kappa shape index (κ3) is 4.48. The monoisotopic (exact) mass is 398 g/mol. The molecule has 2 aliphatic rings. The maximum absolute atomic E-state index is 13.3. The molecule has 0 N–H and O–H groups in total. The van der Waals surface area contributed by atoms with Crippen LogP contribution in [0.3, 0.4) is 0 Å². The van der Waals surface area contributed by atoms with Crippen LogP contribution in [0, 0.1) is 5.41 Å². The number of hydrogen-bond donors (Lipinski definition) is 0. The van der Waals surface area contributed by atoms with Crippen LogP contribution in [0.15, 0.2) is 30.3 Å². The molecular formula is C20H25F3N2O3. The first-order valence-corrected chi connectivity index (χ1v) is 9.53. The van der Waals surface area contributed by atoms with Crippen molar-refractivity contribution in [1.29, 1.82) is 0 Å². The van der Waals surface area contributed by atoms with Crippen LogP contribution >= 0.6 is 0 Å². The quantitative estimate of drug-likeness (QED) is 0.766. The molecule has 2 amide bonds. The molecular weight excluding hydrogens is 373 g/mol. The first-order valence-electron chi connectivity index (χ1n) is 9.53. The van der Waals surface area contributed by atoms with E-state index in [0.29, 0.717) is 45.4 Å². The highest BCUT2D eigenvalue weighted by atomic mass is 19.4. The zero-order valence-electron chi connectivity index (χ0n) is 15.9. The zero-order chi connectivity index (χ0) is 20.4. The average Bonchev–Trinajstić information content (AvgIpc) is 2.97. The Morgan fingerprint density at radius 3 is 2.39 bits per heavy atom. The Kier molecular flexibility index (Phi) is 5.98. The molecule has 3 rings (SSSR count). The van der Waals surface area contributed by atoms with Gasteiger partial charge in [-0.25, -0.2) is 0 Å². The third-order valence-electron chi connectivity index (χ3n) is 5.74. The fraction of sp³-hybridized carbons (Fsp3) is 0.600. The Morgan fingerprint density at radius 2 is 1.86 bits per heavy atom. The molecule has 0 saturated carbocycles. The van der Waals surface area contributed by atoms with E-state index in [1.54, 1.807) is 11.0 Å². The molecule has 2 saturated heterocycles. The minimum absolute atomic E-state index is 0.0236. The van der Waals surface area contributed by atoms with Crippen molar-refractivity contribution in [3.63, 3.8) is 0 Å². The molecule has 1 aromatic rings. The second kappa shape index (κ2) is 8.11. The van der Waals surface area contributed by atoms with Crippen molar-refractivity contribution in [2.75, 3.05) is 32.8 Å². The lowest BCUT2D eigenvalue weighted by atomic mass is 9.77. The number of carbonyl (C=O) groups is 2. The van der Waals surface area contributed by atoms with Gasteiger partial charge in [0.05, 0.1) is 0 Å². The third-order valence-corrected chi connectivity index (χ3v) is 5.74. The standard InChI is InChI=1S/C20H25F3N2O3/c1-2-24-14-19(12-16(24)26)8-10-25(11-9-19)17(27)13-28-18(20(21,22)23)15-6-4-3-5-7-15/h3-7,18H,2,8-14H2,1H3. The van der Waals surface area contributed by atoms with E-state index in [0.717, 1.165) is 0 Å². The van der Waals surface area contributed by atoms with Crippen molar-refractivity contribution in [1.82, 2.24) is 9.80 Å². The van der Waals surface area contributed by atoms with Gasteiger partial charge in [-0.05, 0) is 25.3 Å². The topological polar surface area (TPSA) is 49.9 Å². The minimum atomic E-state index is -4.60. The van der Waals surface area contributed by atoms with Crippen LogP contribution in [-0.4, -0.2) is 60.6 Å². The largest absolute Gasteiger partial charge is 0.418 e. The maximum atomic E-state index is 13.3. The fourth-order valence-electron chi connectivity index (χ4n) is 4.09. The molecule has 1 atom stereocenters. The molecule has 1 unspecified atom stereocenters. The number of amides is 2. The highest BCUT2D eigenvalue weighted by Crippen LogP contribution is 2.41. The van der Waals surface area contributed by atoms with Crippen LogP contribution < -0.4 is 0 Å². The number of rotatable bonds is 5. The molecule has 2 aliphatic heterocycles. The number of nitrogens with zero attached hydrogens (tertiary/aromatic N) is 2. The molecule has 2 heterocycles. The summed E-state index contributed by atoms with van der Waals surface area (Å²) in [5.41, 5.74) is -0.131. The highest BCUT2D eigenvalue weighted by Gasteiger charge is 2.45. The molecule has 8 heteroatoms.